The van der Waals surface area contributed by atoms with Crippen molar-refractivity contribution in [2.45, 2.75) is 32.9 Å². The molecule has 100 valence electrons. The summed E-state index contributed by atoms with van der Waals surface area (Å²) in [4.78, 5) is 0. The first-order valence-electron chi connectivity index (χ1n) is 6.26. The number of ether oxygens (including phenoxy) is 1. The van der Waals surface area contributed by atoms with Gasteiger partial charge in [-0.3, -0.25) is 0 Å². The molecule has 1 aromatic rings. The van der Waals surface area contributed by atoms with E-state index in [4.69, 9.17) is 14.9 Å². The highest BCUT2D eigenvalue weighted by Gasteiger charge is 2.16. The Bertz CT molecular complexity index is 386. The third-order valence-corrected chi connectivity index (χ3v) is 5.73. The second kappa shape index (κ2) is 7.40. The molecule has 0 bridgehead atoms. The number of allylic oxidation sites excluding steroid dienone is 1. The number of hydrogen-bond donors (Lipinski definition) is 1. The van der Waals surface area contributed by atoms with E-state index in [0.717, 1.165) is 11.4 Å². The fourth-order valence-electron chi connectivity index (χ4n) is 1.35. The van der Waals surface area contributed by atoms with Crippen molar-refractivity contribution in [3.63, 3.8) is 0 Å². The molecular weight excluding hydrogens is 258 g/mol. The normalized spacial score (nSPS) is 12.9. The lowest BCUT2D eigenvalue weighted by Crippen LogP contribution is -2.34. The molecule has 0 saturated carbocycles. The average molecular weight is 282 g/mol. The Morgan fingerprint density at radius 2 is 1.89 bits per heavy atom. The number of hydrogen-bond acceptors (Lipinski definition) is 3. The molecule has 2 N–H and O–H groups in total. The summed E-state index contributed by atoms with van der Waals surface area (Å²) < 4.78 is 11.8. The summed E-state index contributed by atoms with van der Waals surface area (Å²) in [5.41, 5.74) is 9.92. The lowest BCUT2D eigenvalue weighted by Gasteiger charge is -2.22. The first-order chi connectivity index (χ1) is 8.49. The highest BCUT2D eigenvalue weighted by molar-refractivity contribution is 6.57. The van der Waals surface area contributed by atoms with Crippen LogP contribution in [0.4, 0.5) is 5.69 Å². The van der Waals surface area contributed by atoms with Crippen molar-refractivity contribution < 1.29 is 9.16 Å². The number of rotatable bonds is 6. The van der Waals surface area contributed by atoms with Gasteiger partial charge < -0.3 is 14.9 Å². The van der Waals surface area contributed by atoms with Crippen LogP contribution in [0.5, 0.6) is 5.75 Å². The number of nitrogens with two attached hydrogens (primary N) is 1. The fraction of sp³-hybridized carbons (Fsp3) is 0.385. The third-order valence-electron chi connectivity index (χ3n) is 2.43. The SMILES string of the molecule is CC(C)=C[SiH2]OC(Oc1ccc(N)cc1)[SiH](C)C. The Labute approximate surface area is 114 Å². The zero-order valence-corrected chi connectivity index (χ0v) is 14.2. The molecule has 0 aliphatic rings. The molecule has 18 heavy (non-hydrogen) atoms. The van der Waals surface area contributed by atoms with E-state index in [0.29, 0.717) is 0 Å². The summed E-state index contributed by atoms with van der Waals surface area (Å²) in [6.07, 6.45) is 0. The van der Waals surface area contributed by atoms with Crippen molar-refractivity contribution in [2.24, 2.45) is 0 Å². The summed E-state index contributed by atoms with van der Waals surface area (Å²) in [5.74, 6) is 0.789. The molecule has 0 saturated heterocycles. The maximum Gasteiger partial charge on any atom is 0.189 e. The van der Waals surface area contributed by atoms with Crippen LogP contribution in [0.3, 0.4) is 0 Å². The number of nitrogen functional groups attached to an aromatic ring is 1. The van der Waals surface area contributed by atoms with Gasteiger partial charge in [0.05, 0.1) is 0 Å². The Hall–Kier alpha value is -1.05. The van der Waals surface area contributed by atoms with E-state index in [-0.39, 0.29) is 5.91 Å². The van der Waals surface area contributed by atoms with Gasteiger partial charge in [-0.2, -0.15) is 0 Å². The predicted molar refractivity (Wildman–Crippen MR) is 83.2 cm³/mol. The number of benzene rings is 1. The van der Waals surface area contributed by atoms with Gasteiger partial charge in [-0.15, -0.1) is 0 Å². The van der Waals surface area contributed by atoms with E-state index in [9.17, 15) is 0 Å². The average Bonchev–Trinajstić information content (AvgIpc) is 2.30. The minimum Gasteiger partial charge on any atom is -0.470 e. The van der Waals surface area contributed by atoms with Gasteiger partial charge in [-0.1, -0.05) is 24.4 Å². The van der Waals surface area contributed by atoms with Crippen LogP contribution < -0.4 is 10.5 Å². The predicted octanol–water partition coefficient (Wildman–Crippen LogP) is 2.02. The van der Waals surface area contributed by atoms with Gasteiger partial charge >= 0.3 is 0 Å². The molecule has 0 aromatic heterocycles. The molecule has 1 aromatic carbocycles. The quantitative estimate of drug-likeness (QED) is 0.493. The molecule has 0 heterocycles. The third kappa shape index (κ3) is 5.53. The van der Waals surface area contributed by atoms with Crippen molar-refractivity contribution in [1.82, 2.24) is 0 Å². The smallest absolute Gasteiger partial charge is 0.189 e. The summed E-state index contributed by atoms with van der Waals surface area (Å²) in [5, 5.41) is 0. The molecule has 3 nitrogen and oxygen atoms in total. The van der Waals surface area contributed by atoms with Gasteiger partial charge in [0, 0.05) is 5.69 Å². The molecule has 0 amide bonds. The lowest BCUT2D eigenvalue weighted by molar-refractivity contribution is 0.0760. The number of anilines is 1. The topological polar surface area (TPSA) is 44.5 Å². The first kappa shape index (κ1) is 15.0. The lowest BCUT2D eigenvalue weighted by atomic mass is 10.3. The van der Waals surface area contributed by atoms with Crippen LogP contribution in [-0.2, 0) is 4.43 Å². The first-order valence-corrected chi connectivity index (χ1v) is 10.6. The van der Waals surface area contributed by atoms with Gasteiger partial charge in [0.1, 0.15) is 14.5 Å². The van der Waals surface area contributed by atoms with Gasteiger partial charge in [-0.25, -0.2) is 0 Å². The maximum absolute atomic E-state index is 5.92. The molecule has 0 aliphatic heterocycles. The monoisotopic (exact) mass is 281 g/mol. The summed E-state index contributed by atoms with van der Waals surface area (Å²) in [6, 6.07) is 7.49. The van der Waals surface area contributed by atoms with Crippen molar-refractivity contribution in [2.75, 3.05) is 5.73 Å². The zero-order chi connectivity index (χ0) is 13.5. The minimum atomic E-state index is -1.00. The van der Waals surface area contributed by atoms with Crippen LogP contribution in [0.1, 0.15) is 13.8 Å². The van der Waals surface area contributed by atoms with E-state index in [1.165, 1.54) is 5.57 Å². The summed E-state index contributed by atoms with van der Waals surface area (Å²) >= 11 is 0. The Kier molecular flexibility index (Phi) is 6.17. The minimum absolute atomic E-state index is 0.0455. The van der Waals surface area contributed by atoms with E-state index in [1.54, 1.807) is 0 Å². The summed E-state index contributed by atoms with van der Waals surface area (Å²) in [7, 11) is -1.63. The highest BCUT2D eigenvalue weighted by Crippen LogP contribution is 2.16. The molecule has 5 heteroatoms. The molecule has 1 unspecified atom stereocenters. The highest BCUT2D eigenvalue weighted by atomic mass is 28.3. The molecule has 1 atom stereocenters. The Morgan fingerprint density at radius 3 is 2.39 bits per heavy atom. The largest absolute Gasteiger partial charge is 0.470 e. The van der Waals surface area contributed by atoms with E-state index < -0.39 is 18.6 Å². The molecular formula is C13H23NO2Si2. The van der Waals surface area contributed by atoms with Crippen LogP contribution in [0.25, 0.3) is 0 Å². The molecule has 0 spiro atoms. The van der Waals surface area contributed by atoms with Crippen LogP contribution in [0.15, 0.2) is 35.5 Å². The second-order valence-electron chi connectivity index (χ2n) is 4.91. The molecule has 0 radical (unpaired) electrons. The van der Waals surface area contributed by atoms with Crippen molar-refractivity contribution >= 4 is 24.2 Å². The maximum atomic E-state index is 5.92. The molecule has 0 aliphatic carbocycles. The van der Waals surface area contributed by atoms with Crippen LogP contribution in [0, 0.1) is 0 Å². The zero-order valence-electron chi connectivity index (χ0n) is 11.6. The van der Waals surface area contributed by atoms with Crippen molar-refractivity contribution in [3.8, 4) is 5.75 Å². The van der Waals surface area contributed by atoms with Gasteiger partial charge in [0.2, 0.25) is 0 Å². The van der Waals surface area contributed by atoms with Gasteiger partial charge in [0.15, 0.2) is 15.7 Å². The molecule has 1 rings (SSSR count). The van der Waals surface area contributed by atoms with Crippen molar-refractivity contribution in [3.05, 3.63) is 35.5 Å². The van der Waals surface area contributed by atoms with E-state index in [1.807, 2.05) is 24.3 Å². The Morgan fingerprint density at radius 1 is 1.28 bits per heavy atom. The van der Waals surface area contributed by atoms with E-state index >= 15 is 0 Å². The van der Waals surface area contributed by atoms with Crippen molar-refractivity contribution in [1.29, 1.82) is 0 Å². The second-order valence-corrected chi connectivity index (χ2v) is 9.02. The van der Waals surface area contributed by atoms with Gasteiger partial charge in [-0.05, 0) is 38.1 Å². The molecule has 0 fully saturated rings. The van der Waals surface area contributed by atoms with Crippen LogP contribution in [0.2, 0.25) is 13.1 Å². The standard InChI is InChI=1S/C13H23NO2Si2/c1-10(2)9-17-16-13(18(3)4)15-12-7-5-11(14)6-8-12/h5-9,13,18H,14,17H2,1-4H3. The van der Waals surface area contributed by atoms with E-state index in [2.05, 4.69) is 32.6 Å². The fourth-order valence-corrected chi connectivity index (χ4v) is 4.34. The van der Waals surface area contributed by atoms with Crippen LogP contribution >= 0.6 is 0 Å². The summed E-state index contributed by atoms with van der Waals surface area (Å²) in [6.45, 7) is 8.66. The van der Waals surface area contributed by atoms with Crippen LogP contribution in [-0.4, -0.2) is 24.5 Å². The Balaban J connectivity index is 2.57. The van der Waals surface area contributed by atoms with Gasteiger partial charge in [0.25, 0.3) is 0 Å².